The van der Waals surface area contributed by atoms with Crippen molar-refractivity contribution < 1.29 is 24.2 Å². The molecule has 0 aromatic heterocycles. The van der Waals surface area contributed by atoms with E-state index in [2.05, 4.69) is 17.4 Å². The summed E-state index contributed by atoms with van der Waals surface area (Å²) in [6, 6.07) is 16.1. The number of nitrogens with one attached hydrogen (secondary N) is 1. The fourth-order valence-electron chi connectivity index (χ4n) is 4.79. The molecule has 1 atom stereocenters. The van der Waals surface area contributed by atoms with Gasteiger partial charge < -0.3 is 20.1 Å². The normalized spacial score (nSPS) is 14.5. The molecular formula is C27H34N2O5. The summed E-state index contributed by atoms with van der Waals surface area (Å²) in [7, 11) is 0. The van der Waals surface area contributed by atoms with Gasteiger partial charge in [-0.05, 0) is 56.4 Å². The Morgan fingerprint density at radius 2 is 1.50 bits per heavy atom. The van der Waals surface area contributed by atoms with E-state index in [-0.39, 0.29) is 19.1 Å². The summed E-state index contributed by atoms with van der Waals surface area (Å²) in [6.07, 6.45) is 0.273. The summed E-state index contributed by atoms with van der Waals surface area (Å²) in [6.45, 7) is 8.55. The molecule has 182 valence electrons. The molecule has 0 spiro atoms. The molecule has 34 heavy (non-hydrogen) atoms. The maximum absolute atomic E-state index is 13.5. The minimum absolute atomic E-state index is 0.0932. The number of alkyl carbamates (subject to hydrolysis) is 1. The van der Waals surface area contributed by atoms with Crippen LogP contribution in [-0.4, -0.2) is 52.2 Å². The Bertz CT molecular complexity index is 1030. The van der Waals surface area contributed by atoms with Crippen LogP contribution in [0.25, 0.3) is 11.1 Å². The van der Waals surface area contributed by atoms with E-state index < -0.39 is 29.0 Å². The van der Waals surface area contributed by atoms with Gasteiger partial charge in [-0.25, -0.2) is 9.59 Å². The number of benzene rings is 2. The number of rotatable bonds is 9. The van der Waals surface area contributed by atoms with Crippen LogP contribution in [0.5, 0.6) is 0 Å². The zero-order chi connectivity index (χ0) is 25.1. The van der Waals surface area contributed by atoms with E-state index in [4.69, 9.17) is 4.74 Å². The van der Waals surface area contributed by atoms with Gasteiger partial charge in [-0.15, -0.1) is 0 Å². The van der Waals surface area contributed by atoms with Crippen molar-refractivity contribution in [3.8, 4) is 11.1 Å². The third kappa shape index (κ3) is 4.65. The molecule has 3 rings (SSSR count). The summed E-state index contributed by atoms with van der Waals surface area (Å²) >= 11 is 0. The van der Waals surface area contributed by atoms with E-state index in [1.807, 2.05) is 43.3 Å². The first-order valence-corrected chi connectivity index (χ1v) is 11.8. The molecule has 1 aliphatic rings. The lowest BCUT2D eigenvalue weighted by Gasteiger charge is -2.40. The highest BCUT2D eigenvalue weighted by atomic mass is 16.5. The lowest BCUT2D eigenvalue weighted by atomic mass is 9.91. The molecule has 0 radical (unpaired) electrons. The van der Waals surface area contributed by atoms with E-state index in [0.29, 0.717) is 12.8 Å². The van der Waals surface area contributed by atoms with Gasteiger partial charge in [0, 0.05) is 12.5 Å². The van der Waals surface area contributed by atoms with Gasteiger partial charge in [0.05, 0.1) is 0 Å². The molecule has 2 aromatic rings. The second kappa shape index (κ2) is 9.87. The Balaban J connectivity index is 1.77. The van der Waals surface area contributed by atoms with Crippen molar-refractivity contribution >= 4 is 18.0 Å². The Labute approximate surface area is 201 Å². The second-order valence-corrected chi connectivity index (χ2v) is 9.45. The molecule has 0 saturated carbocycles. The van der Waals surface area contributed by atoms with Crippen molar-refractivity contribution in [2.24, 2.45) is 0 Å². The molecule has 0 heterocycles. The van der Waals surface area contributed by atoms with Crippen molar-refractivity contribution in [2.75, 3.05) is 13.2 Å². The number of carboxylic acids is 1. The Hall–Kier alpha value is -3.35. The van der Waals surface area contributed by atoms with Crippen LogP contribution in [0, 0.1) is 0 Å². The lowest BCUT2D eigenvalue weighted by Crippen LogP contribution is -2.63. The van der Waals surface area contributed by atoms with Crippen LogP contribution in [0.15, 0.2) is 48.5 Å². The lowest BCUT2D eigenvalue weighted by molar-refractivity contribution is -0.159. The van der Waals surface area contributed by atoms with Crippen molar-refractivity contribution in [3.05, 3.63) is 59.7 Å². The third-order valence-electron chi connectivity index (χ3n) is 6.70. The smallest absolute Gasteiger partial charge is 0.408 e. The van der Waals surface area contributed by atoms with E-state index in [9.17, 15) is 19.5 Å². The summed E-state index contributed by atoms with van der Waals surface area (Å²) in [5, 5.41) is 12.4. The molecule has 7 nitrogen and oxygen atoms in total. The Morgan fingerprint density at radius 1 is 0.971 bits per heavy atom. The molecular weight excluding hydrogens is 432 g/mol. The van der Waals surface area contributed by atoms with Gasteiger partial charge >= 0.3 is 12.1 Å². The molecule has 1 unspecified atom stereocenters. The average Bonchev–Trinajstić information content (AvgIpc) is 3.11. The van der Waals surface area contributed by atoms with Gasteiger partial charge in [0.2, 0.25) is 5.91 Å². The summed E-state index contributed by atoms with van der Waals surface area (Å²) in [5.74, 6) is -1.65. The van der Waals surface area contributed by atoms with Gasteiger partial charge in [-0.1, -0.05) is 61.9 Å². The molecule has 2 amide bonds. The maximum Gasteiger partial charge on any atom is 0.408 e. The quantitative estimate of drug-likeness (QED) is 0.554. The highest BCUT2D eigenvalue weighted by Gasteiger charge is 2.45. The van der Waals surface area contributed by atoms with Crippen molar-refractivity contribution in [1.29, 1.82) is 0 Å². The number of likely N-dealkylation sites (N-methyl/N-ethyl adjacent to an activating group) is 1. The van der Waals surface area contributed by atoms with Gasteiger partial charge in [-0.3, -0.25) is 4.79 Å². The van der Waals surface area contributed by atoms with Crippen molar-refractivity contribution in [2.45, 2.75) is 64.5 Å². The topological polar surface area (TPSA) is 95.9 Å². The third-order valence-corrected chi connectivity index (χ3v) is 6.70. The molecule has 0 bridgehead atoms. The van der Waals surface area contributed by atoms with Gasteiger partial charge in [-0.2, -0.15) is 0 Å². The number of carboxylic acid groups (broad SMARTS) is 1. The second-order valence-electron chi connectivity index (χ2n) is 9.45. The van der Waals surface area contributed by atoms with Gasteiger partial charge in [0.15, 0.2) is 0 Å². The first-order valence-electron chi connectivity index (χ1n) is 11.8. The number of nitrogens with zero attached hydrogens (tertiary/aromatic N) is 1. The molecule has 2 N–H and O–H groups in total. The van der Waals surface area contributed by atoms with E-state index >= 15 is 0 Å². The molecule has 7 heteroatoms. The van der Waals surface area contributed by atoms with Gasteiger partial charge in [0.25, 0.3) is 0 Å². The highest BCUT2D eigenvalue weighted by molar-refractivity contribution is 5.93. The zero-order valence-electron chi connectivity index (χ0n) is 20.6. The fraction of sp³-hybridized carbons (Fsp3) is 0.444. The van der Waals surface area contributed by atoms with Crippen molar-refractivity contribution in [1.82, 2.24) is 10.2 Å². The minimum atomic E-state index is -1.41. The molecule has 0 saturated heterocycles. The number of amides is 2. The monoisotopic (exact) mass is 466 g/mol. The van der Waals surface area contributed by atoms with E-state index in [1.165, 1.54) is 18.7 Å². The highest BCUT2D eigenvalue weighted by Crippen LogP contribution is 2.44. The Kier molecular flexibility index (Phi) is 7.34. The van der Waals surface area contributed by atoms with Crippen LogP contribution in [0.1, 0.15) is 64.5 Å². The fourth-order valence-corrected chi connectivity index (χ4v) is 4.79. The van der Waals surface area contributed by atoms with Gasteiger partial charge in [0.1, 0.15) is 17.7 Å². The number of hydrogen-bond donors (Lipinski definition) is 2. The first-order chi connectivity index (χ1) is 16.1. The number of ether oxygens (including phenoxy) is 1. The molecule has 2 aromatic carbocycles. The number of carbonyl (C=O) groups excluding carboxylic acids is 2. The van der Waals surface area contributed by atoms with Crippen LogP contribution in [0.4, 0.5) is 4.79 Å². The number of fused-ring (bicyclic) bond motifs is 3. The maximum atomic E-state index is 13.5. The SMILES string of the molecule is CCCC(C)(NC(=O)OCC1c2ccccc2-c2ccccc21)C(=O)N(CC)C(C)(C)C(=O)O. The minimum Gasteiger partial charge on any atom is -0.480 e. The summed E-state index contributed by atoms with van der Waals surface area (Å²) in [4.78, 5) is 39.4. The predicted molar refractivity (Wildman–Crippen MR) is 131 cm³/mol. The molecule has 0 aliphatic heterocycles. The van der Waals surface area contributed by atoms with Crippen LogP contribution in [-0.2, 0) is 14.3 Å². The largest absolute Gasteiger partial charge is 0.480 e. The Morgan fingerprint density at radius 3 is 1.97 bits per heavy atom. The first kappa shape index (κ1) is 25.3. The van der Waals surface area contributed by atoms with Crippen LogP contribution >= 0.6 is 0 Å². The van der Waals surface area contributed by atoms with Crippen molar-refractivity contribution in [3.63, 3.8) is 0 Å². The average molecular weight is 467 g/mol. The van der Waals surface area contributed by atoms with E-state index in [1.54, 1.807) is 13.8 Å². The van der Waals surface area contributed by atoms with Crippen LogP contribution in [0.2, 0.25) is 0 Å². The summed E-state index contributed by atoms with van der Waals surface area (Å²) < 4.78 is 5.64. The predicted octanol–water partition coefficient (Wildman–Crippen LogP) is 4.80. The number of carbonyl (C=O) groups is 3. The molecule has 0 fully saturated rings. The molecule has 1 aliphatic carbocycles. The van der Waals surface area contributed by atoms with Crippen LogP contribution in [0.3, 0.4) is 0 Å². The number of aliphatic carboxylic acids is 1. The number of hydrogen-bond acceptors (Lipinski definition) is 4. The zero-order valence-corrected chi connectivity index (χ0v) is 20.6. The van der Waals surface area contributed by atoms with Crippen LogP contribution < -0.4 is 5.32 Å². The van der Waals surface area contributed by atoms with E-state index in [0.717, 1.165) is 22.3 Å². The standard InChI is InChI=1S/C27H34N2O5/c1-6-16-27(5,23(30)29(7-2)26(3,4)24(31)32)28-25(33)34-17-22-20-14-10-8-12-18(20)19-13-9-11-15-21(19)22/h8-15,22H,6-7,16-17H2,1-5H3,(H,28,33)(H,31,32). The summed E-state index contributed by atoms with van der Waals surface area (Å²) in [5.41, 5.74) is 1.76.